The molecule has 1 aromatic heterocycles. The smallest absolute Gasteiger partial charge is 0.346 e. The number of carbonyl (C=O) groups is 1. The number of aromatic nitrogens is 3. The molecule has 2 aromatic rings. The van der Waals surface area contributed by atoms with Gasteiger partial charge in [-0.15, -0.1) is 10.2 Å². The van der Waals surface area contributed by atoms with Crippen molar-refractivity contribution in [2.75, 3.05) is 18.1 Å². The summed E-state index contributed by atoms with van der Waals surface area (Å²) < 4.78 is 37.1. The van der Waals surface area contributed by atoms with Crippen molar-refractivity contribution in [2.24, 2.45) is 0 Å². The highest BCUT2D eigenvalue weighted by atomic mass is 35.5. The lowest BCUT2D eigenvalue weighted by atomic mass is 10.2. The van der Waals surface area contributed by atoms with E-state index in [1.165, 1.54) is 0 Å². The average molecular weight is 366 g/mol. The van der Waals surface area contributed by atoms with Crippen LogP contribution in [0.4, 0.5) is 13.2 Å². The van der Waals surface area contributed by atoms with Gasteiger partial charge in [-0.3, -0.25) is 4.79 Å². The van der Waals surface area contributed by atoms with Crippen LogP contribution in [-0.4, -0.2) is 39.3 Å². The fraction of sp³-hybridized carbons (Fsp3) is 0.250. The van der Waals surface area contributed by atoms with Crippen LogP contribution >= 0.6 is 23.4 Å². The summed E-state index contributed by atoms with van der Waals surface area (Å²) in [4.78, 5) is 11.3. The molecule has 0 radical (unpaired) electrons. The maximum atomic E-state index is 12.0. The Balaban J connectivity index is 1.99. The molecule has 0 aliphatic rings. The Kier molecular flexibility index (Phi) is 5.37. The summed E-state index contributed by atoms with van der Waals surface area (Å²) in [6.45, 7) is -1.38. The van der Waals surface area contributed by atoms with Crippen LogP contribution in [0.5, 0.6) is 0 Å². The first-order valence-electron chi connectivity index (χ1n) is 6.19. The number of nitrogens with two attached hydrogens (primary N) is 1. The number of rotatable bonds is 5. The van der Waals surface area contributed by atoms with E-state index < -0.39 is 18.6 Å². The number of nitrogens with zero attached hydrogens (tertiary/aromatic N) is 3. The monoisotopic (exact) mass is 365 g/mol. The Morgan fingerprint density at radius 2 is 2.13 bits per heavy atom. The molecular formula is C12H11ClF3N5OS. The maximum Gasteiger partial charge on any atom is 0.405 e. The normalized spacial score (nSPS) is 11.5. The molecule has 124 valence electrons. The topological polar surface area (TPSA) is 85.8 Å². The van der Waals surface area contributed by atoms with Crippen LogP contribution in [0.3, 0.4) is 0 Å². The van der Waals surface area contributed by atoms with Crippen molar-refractivity contribution in [3.8, 4) is 11.4 Å². The number of halogens is 4. The van der Waals surface area contributed by atoms with Gasteiger partial charge in [-0.25, -0.2) is 4.68 Å². The third-order valence-corrected chi connectivity index (χ3v) is 3.74. The molecule has 0 aliphatic heterocycles. The fourth-order valence-corrected chi connectivity index (χ4v) is 2.46. The van der Waals surface area contributed by atoms with Gasteiger partial charge in [0.05, 0.1) is 5.75 Å². The quantitative estimate of drug-likeness (QED) is 0.626. The molecule has 0 fully saturated rings. The van der Waals surface area contributed by atoms with Crippen molar-refractivity contribution in [3.05, 3.63) is 29.3 Å². The van der Waals surface area contributed by atoms with Crippen molar-refractivity contribution < 1.29 is 18.0 Å². The zero-order chi connectivity index (χ0) is 17.0. The van der Waals surface area contributed by atoms with Gasteiger partial charge in [0.2, 0.25) is 11.1 Å². The molecule has 0 bridgehead atoms. The number of nitrogens with one attached hydrogen (secondary N) is 1. The van der Waals surface area contributed by atoms with Crippen LogP contribution in [-0.2, 0) is 4.79 Å². The second kappa shape index (κ2) is 7.09. The summed E-state index contributed by atoms with van der Waals surface area (Å²) in [5, 5.41) is 10.1. The number of nitrogen functional groups attached to an aromatic ring is 1. The summed E-state index contributed by atoms with van der Waals surface area (Å²) >= 11 is 6.76. The molecular weight excluding hydrogens is 355 g/mol. The molecule has 6 nitrogen and oxygen atoms in total. The molecule has 0 unspecified atom stereocenters. The molecule has 0 spiro atoms. The summed E-state index contributed by atoms with van der Waals surface area (Å²) in [6.07, 6.45) is -4.45. The summed E-state index contributed by atoms with van der Waals surface area (Å²) in [7, 11) is 0. The summed E-state index contributed by atoms with van der Waals surface area (Å²) in [6, 6.07) is 6.76. The van der Waals surface area contributed by atoms with E-state index in [0.717, 1.165) is 16.4 Å². The van der Waals surface area contributed by atoms with Crippen molar-refractivity contribution in [2.45, 2.75) is 11.3 Å². The number of benzene rings is 1. The molecule has 0 saturated carbocycles. The van der Waals surface area contributed by atoms with Crippen molar-refractivity contribution in [3.63, 3.8) is 0 Å². The highest BCUT2D eigenvalue weighted by molar-refractivity contribution is 7.99. The Bertz CT molecular complexity index is 706. The molecule has 23 heavy (non-hydrogen) atoms. The van der Waals surface area contributed by atoms with E-state index in [-0.39, 0.29) is 10.9 Å². The number of alkyl halides is 3. The molecule has 3 N–H and O–H groups in total. The van der Waals surface area contributed by atoms with E-state index in [1.54, 1.807) is 29.6 Å². The minimum absolute atomic E-state index is 0.196. The lowest BCUT2D eigenvalue weighted by Crippen LogP contribution is -2.34. The summed E-state index contributed by atoms with van der Waals surface area (Å²) in [5.41, 5.74) is 0.626. The minimum atomic E-state index is -4.45. The van der Waals surface area contributed by atoms with Crippen LogP contribution in [0.25, 0.3) is 11.4 Å². The van der Waals surface area contributed by atoms with Gasteiger partial charge in [-0.05, 0) is 12.1 Å². The lowest BCUT2D eigenvalue weighted by Gasteiger charge is -2.08. The Morgan fingerprint density at radius 3 is 2.78 bits per heavy atom. The molecule has 1 amide bonds. The Morgan fingerprint density at radius 1 is 1.39 bits per heavy atom. The van der Waals surface area contributed by atoms with Crippen LogP contribution in [0.15, 0.2) is 29.4 Å². The first kappa shape index (κ1) is 17.4. The van der Waals surface area contributed by atoms with Crippen molar-refractivity contribution in [1.82, 2.24) is 20.2 Å². The van der Waals surface area contributed by atoms with Crippen LogP contribution in [0, 0.1) is 0 Å². The molecule has 2 rings (SSSR count). The molecule has 11 heteroatoms. The van der Waals surface area contributed by atoms with Gasteiger partial charge in [0.15, 0.2) is 5.82 Å². The van der Waals surface area contributed by atoms with Crippen molar-refractivity contribution in [1.29, 1.82) is 0 Å². The number of hydrogen-bond acceptors (Lipinski definition) is 5. The van der Waals surface area contributed by atoms with Crippen LogP contribution < -0.4 is 11.2 Å². The lowest BCUT2D eigenvalue weighted by molar-refractivity contribution is -0.136. The number of amides is 1. The van der Waals surface area contributed by atoms with Gasteiger partial charge in [0.1, 0.15) is 6.54 Å². The number of thioether (sulfide) groups is 1. The van der Waals surface area contributed by atoms with Crippen LogP contribution in [0.2, 0.25) is 5.02 Å². The zero-order valence-electron chi connectivity index (χ0n) is 11.5. The van der Waals surface area contributed by atoms with Gasteiger partial charge < -0.3 is 11.2 Å². The largest absolute Gasteiger partial charge is 0.405 e. The first-order chi connectivity index (χ1) is 10.8. The van der Waals surface area contributed by atoms with Crippen molar-refractivity contribution >= 4 is 29.3 Å². The van der Waals surface area contributed by atoms with Gasteiger partial charge in [-0.2, -0.15) is 13.2 Å². The first-order valence-corrected chi connectivity index (χ1v) is 7.55. The van der Waals surface area contributed by atoms with Gasteiger partial charge in [-0.1, -0.05) is 35.5 Å². The van der Waals surface area contributed by atoms with E-state index in [2.05, 4.69) is 10.2 Å². The van der Waals surface area contributed by atoms with E-state index in [4.69, 9.17) is 17.4 Å². The fourth-order valence-electron chi connectivity index (χ4n) is 1.58. The molecule has 0 aliphatic carbocycles. The third-order valence-electron chi connectivity index (χ3n) is 2.57. The standard InChI is InChI=1S/C12H11ClF3N5OS/c13-8-3-1-2-7(4-8)10-19-20-11(21(10)17)23-5-9(22)18-6-12(14,15)16/h1-4H,5-6,17H2,(H,18,22). The SMILES string of the molecule is Nn1c(SCC(=O)NCC(F)(F)F)nnc1-c1cccc(Cl)c1. The number of carbonyl (C=O) groups excluding carboxylic acids is 1. The van der Waals surface area contributed by atoms with E-state index in [1.807, 2.05) is 0 Å². The predicted molar refractivity (Wildman–Crippen MR) is 80.4 cm³/mol. The molecule has 0 atom stereocenters. The Hall–Kier alpha value is -1.94. The van der Waals surface area contributed by atoms with Gasteiger partial charge in [0, 0.05) is 10.6 Å². The second-order valence-corrected chi connectivity index (χ2v) is 5.75. The van der Waals surface area contributed by atoms with E-state index >= 15 is 0 Å². The minimum Gasteiger partial charge on any atom is -0.346 e. The predicted octanol–water partition coefficient (Wildman–Crippen LogP) is 2.08. The highest BCUT2D eigenvalue weighted by Gasteiger charge is 2.27. The van der Waals surface area contributed by atoms with Gasteiger partial charge in [0.25, 0.3) is 0 Å². The van der Waals surface area contributed by atoms with E-state index in [9.17, 15) is 18.0 Å². The Labute approximate surface area is 138 Å². The van der Waals surface area contributed by atoms with E-state index in [0.29, 0.717) is 16.4 Å². The second-order valence-electron chi connectivity index (χ2n) is 4.37. The third kappa shape index (κ3) is 5.03. The molecule has 0 saturated heterocycles. The summed E-state index contributed by atoms with van der Waals surface area (Å²) in [5.74, 6) is 5.11. The average Bonchev–Trinajstić information content (AvgIpc) is 2.83. The molecule has 1 heterocycles. The highest BCUT2D eigenvalue weighted by Crippen LogP contribution is 2.23. The van der Waals surface area contributed by atoms with Gasteiger partial charge >= 0.3 is 6.18 Å². The van der Waals surface area contributed by atoms with Crippen LogP contribution in [0.1, 0.15) is 0 Å². The molecule has 1 aromatic carbocycles. The number of hydrogen-bond donors (Lipinski definition) is 2. The zero-order valence-corrected chi connectivity index (χ0v) is 13.0. The maximum absolute atomic E-state index is 12.0.